The van der Waals surface area contributed by atoms with Gasteiger partial charge < -0.3 is 14.4 Å². The first-order valence-corrected chi connectivity index (χ1v) is 10.3. The summed E-state index contributed by atoms with van der Waals surface area (Å²) >= 11 is 5.03. The number of anilines is 1. The molecule has 2 aliphatic heterocycles. The third-order valence-electron chi connectivity index (χ3n) is 4.75. The number of carbonyl (C=O) groups excluding carboxylic acids is 1. The molecule has 3 aromatic rings. The van der Waals surface area contributed by atoms with Crippen LogP contribution in [0.3, 0.4) is 0 Å². The Morgan fingerprint density at radius 1 is 1.19 bits per heavy atom. The Hall–Kier alpha value is -2.38. The van der Waals surface area contributed by atoms with Crippen LogP contribution >= 0.6 is 27.3 Å². The van der Waals surface area contributed by atoms with Crippen molar-refractivity contribution in [3.05, 3.63) is 57.5 Å². The number of thiazole rings is 1. The van der Waals surface area contributed by atoms with E-state index in [2.05, 4.69) is 27.0 Å². The van der Waals surface area contributed by atoms with Gasteiger partial charge in [0, 0.05) is 27.6 Å². The Balaban J connectivity index is 1.34. The number of halogens is 1. The summed E-state index contributed by atoms with van der Waals surface area (Å²) in [6.07, 6.45) is 1.20. The van der Waals surface area contributed by atoms with E-state index in [1.54, 1.807) is 0 Å². The van der Waals surface area contributed by atoms with Crippen molar-refractivity contribution in [2.24, 2.45) is 0 Å². The first kappa shape index (κ1) is 16.8. The van der Waals surface area contributed by atoms with Gasteiger partial charge in [-0.25, -0.2) is 4.98 Å². The normalized spacial score (nSPS) is 14.5. The van der Waals surface area contributed by atoms with Crippen molar-refractivity contribution in [2.75, 3.05) is 18.2 Å². The standard InChI is InChI=1S/C20H15BrN2O3S/c21-14-3-1-12-5-6-23(16(12)8-14)19(24)9-15-10-27-20(22-15)13-2-4-17-18(7-13)26-11-25-17/h1-4,7-8,10H,5-6,9,11H2. The summed E-state index contributed by atoms with van der Waals surface area (Å²) < 4.78 is 11.8. The van der Waals surface area contributed by atoms with Gasteiger partial charge in [0.2, 0.25) is 12.7 Å². The molecule has 0 spiro atoms. The predicted octanol–water partition coefficient (Wildman–Crippen LogP) is 4.43. The number of amides is 1. The van der Waals surface area contributed by atoms with Gasteiger partial charge in [0.1, 0.15) is 5.01 Å². The van der Waals surface area contributed by atoms with E-state index in [0.717, 1.165) is 50.9 Å². The van der Waals surface area contributed by atoms with Crippen LogP contribution in [0.4, 0.5) is 5.69 Å². The fourth-order valence-electron chi connectivity index (χ4n) is 3.41. The zero-order chi connectivity index (χ0) is 18.4. The lowest BCUT2D eigenvalue weighted by atomic mass is 10.2. The van der Waals surface area contributed by atoms with Gasteiger partial charge in [0.15, 0.2) is 11.5 Å². The highest BCUT2D eigenvalue weighted by molar-refractivity contribution is 9.10. The van der Waals surface area contributed by atoms with Gasteiger partial charge in [-0.15, -0.1) is 11.3 Å². The van der Waals surface area contributed by atoms with Crippen molar-refractivity contribution in [3.8, 4) is 22.1 Å². The second-order valence-electron chi connectivity index (χ2n) is 6.46. The molecule has 0 atom stereocenters. The third-order valence-corrected chi connectivity index (χ3v) is 6.18. The topological polar surface area (TPSA) is 51.7 Å². The van der Waals surface area contributed by atoms with E-state index in [4.69, 9.17) is 9.47 Å². The summed E-state index contributed by atoms with van der Waals surface area (Å²) in [4.78, 5) is 19.3. The number of carbonyl (C=O) groups is 1. The highest BCUT2D eigenvalue weighted by atomic mass is 79.9. The monoisotopic (exact) mass is 442 g/mol. The molecule has 0 unspecified atom stereocenters. The lowest BCUT2D eigenvalue weighted by molar-refractivity contribution is -0.117. The van der Waals surface area contributed by atoms with Crippen LogP contribution in [0.2, 0.25) is 0 Å². The Morgan fingerprint density at radius 2 is 2.07 bits per heavy atom. The maximum Gasteiger partial charge on any atom is 0.233 e. The van der Waals surface area contributed by atoms with Crippen LogP contribution < -0.4 is 14.4 Å². The molecule has 0 bridgehead atoms. The Bertz CT molecular complexity index is 1050. The van der Waals surface area contributed by atoms with Crippen LogP contribution in [0.25, 0.3) is 10.6 Å². The van der Waals surface area contributed by atoms with Crippen molar-refractivity contribution in [1.29, 1.82) is 0 Å². The van der Waals surface area contributed by atoms with E-state index in [0.29, 0.717) is 6.42 Å². The number of hydrogen-bond donors (Lipinski definition) is 0. The molecule has 0 aliphatic carbocycles. The molecule has 136 valence electrons. The maximum absolute atomic E-state index is 12.8. The minimum absolute atomic E-state index is 0.0781. The van der Waals surface area contributed by atoms with Gasteiger partial charge in [0.05, 0.1) is 12.1 Å². The predicted molar refractivity (Wildman–Crippen MR) is 108 cm³/mol. The molecular weight excluding hydrogens is 428 g/mol. The van der Waals surface area contributed by atoms with Gasteiger partial charge in [-0.1, -0.05) is 22.0 Å². The van der Waals surface area contributed by atoms with Gasteiger partial charge in [-0.3, -0.25) is 4.79 Å². The summed E-state index contributed by atoms with van der Waals surface area (Å²) in [6.45, 7) is 0.980. The van der Waals surface area contributed by atoms with Crippen LogP contribution in [0, 0.1) is 0 Å². The van der Waals surface area contributed by atoms with Crippen LogP contribution in [0.5, 0.6) is 11.5 Å². The van der Waals surface area contributed by atoms with E-state index in [9.17, 15) is 4.79 Å². The van der Waals surface area contributed by atoms with Crippen LogP contribution in [-0.4, -0.2) is 24.2 Å². The fraction of sp³-hybridized carbons (Fsp3) is 0.200. The number of fused-ring (bicyclic) bond motifs is 2. The Labute approximate surface area is 168 Å². The van der Waals surface area contributed by atoms with Crippen LogP contribution in [0.15, 0.2) is 46.3 Å². The van der Waals surface area contributed by atoms with Crippen molar-refractivity contribution in [2.45, 2.75) is 12.8 Å². The first-order chi connectivity index (χ1) is 13.2. The van der Waals surface area contributed by atoms with Crippen molar-refractivity contribution in [3.63, 3.8) is 0 Å². The molecule has 5 nitrogen and oxygen atoms in total. The SMILES string of the molecule is O=C(Cc1csc(-c2ccc3c(c2)OCO3)n1)N1CCc2ccc(Br)cc21. The molecule has 7 heteroatoms. The maximum atomic E-state index is 12.8. The second kappa shape index (κ2) is 6.65. The van der Waals surface area contributed by atoms with Crippen LogP contribution in [0.1, 0.15) is 11.3 Å². The molecule has 0 radical (unpaired) electrons. The molecule has 5 rings (SSSR count). The van der Waals surface area contributed by atoms with E-state index < -0.39 is 0 Å². The minimum Gasteiger partial charge on any atom is -0.454 e. The zero-order valence-corrected chi connectivity index (χ0v) is 16.7. The third kappa shape index (κ3) is 3.11. The summed E-state index contributed by atoms with van der Waals surface area (Å²) in [6, 6.07) is 11.9. The molecule has 27 heavy (non-hydrogen) atoms. The van der Waals surface area contributed by atoms with Gasteiger partial charge in [-0.2, -0.15) is 0 Å². The lowest BCUT2D eigenvalue weighted by Crippen LogP contribution is -2.30. The van der Waals surface area contributed by atoms with Gasteiger partial charge >= 0.3 is 0 Å². The van der Waals surface area contributed by atoms with Crippen molar-refractivity contribution >= 4 is 38.9 Å². The van der Waals surface area contributed by atoms with E-state index >= 15 is 0 Å². The molecule has 2 aliphatic rings. The Kier molecular flexibility index (Phi) is 4.13. The molecule has 0 N–H and O–H groups in total. The van der Waals surface area contributed by atoms with Crippen LogP contribution in [-0.2, 0) is 17.6 Å². The number of nitrogens with zero attached hydrogens (tertiary/aromatic N) is 2. The summed E-state index contributed by atoms with van der Waals surface area (Å²) in [7, 11) is 0. The molecule has 1 aromatic heterocycles. The van der Waals surface area contributed by atoms with E-state index in [-0.39, 0.29) is 12.7 Å². The van der Waals surface area contributed by atoms with E-state index in [1.807, 2.05) is 40.6 Å². The van der Waals surface area contributed by atoms with Crippen molar-refractivity contribution < 1.29 is 14.3 Å². The smallest absolute Gasteiger partial charge is 0.233 e. The Morgan fingerprint density at radius 3 is 3.00 bits per heavy atom. The lowest BCUT2D eigenvalue weighted by Gasteiger charge is -2.17. The molecule has 0 saturated carbocycles. The minimum atomic E-state index is 0.0781. The average Bonchev–Trinajstić information content (AvgIpc) is 3.39. The van der Waals surface area contributed by atoms with E-state index in [1.165, 1.54) is 16.9 Å². The molecule has 1 amide bonds. The summed E-state index contributed by atoms with van der Waals surface area (Å²) in [5.41, 5.74) is 3.98. The van der Waals surface area contributed by atoms with Gasteiger partial charge in [-0.05, 0) is 42.3 Å². The zero-order valence-electron chi connectivity index (χ0n) is 14.3. The number of rotatable bonds is 3. The molecular formula is C20H15BrN2O3S. The van der Waals surface area contributed by atoms with Gasteiger partial charge in [0.25, 0.3) is 0 Å². The molecule has 0 saturated heterocycles. The highest BCUT2D eigenvalue weighted by Crippen LogP contribution is 2.37. The van der Waals surface area contributed by atoms with Crippen molar-refractivity contribution in [1.82, 2.24) is 4.98 Å². The number of aromatic nitrogens is 1. The molecule has 2 aromatic carbocycles. The first-order valence-electron chi connectivity index (χ1n) is 8.60. The number of ether oxygens (including phenoxy) is 2. The summed E-state index contributed by atoms with van der Waals surface area (Å²) in [5, 5.41) is 2.83. The molecule has 0 fully saturated rings. The average molecular weight is 443 g/mol. The summed E-state index contributed by atoms with van der Waals surface area (Å²) in [5.74, 6) is 1.57. The molecule has 3 heterocycles. The number of benzene rings is 2. The quantitative estimate of drug-likeness (QED) is 0.601. The largest absolute Gasteiger partial charge is 0.454 e. The second-order valence-corrected chi connectivity index (χ2v) is 8.23. The highest BCUT2D eigenvalue weighted by Gasteiger charge is 2.25. The fourth-order valence-corrected chi connectivity index (χ4v) is 4.58. The number of hydrogen-bond acceptors (Lipinski definition) is 5.